The number of rotatable bonds is 4. The Morgan fingerprint density at radius 3 is 2.50 bits per heavy atom. The molecule has 1 saturated carbocycles. The maximum atomic E-state index is 12.8. The Bertz CT molecular complexity index is 409. The molecule has 0 saturated heterocycles. The van der Waals surface area contributed by atoms with Gasteiger partial charge in [0.2, 0.25) is 0 Å². The molecule has 1 aliphatic rings. The molecule has 0 unspecified atom stereocenters. The molecule has 1 aromatic rings. The second-order valence-electron chi connectivity index (χ2n) is 5.68. The van der Waals surface area contributed by atoms with Crippen LogP contribution in [0.25, 0.3) is 0 Å². The van der Waals surface area contributed by atoms with Crippen LogP contribution in [0.3, 0.4) is 0 Å². The largest absolute Gasteiger partial charge is 0.391 e. The number of hydrogen-bond donors (Lipinski definition) is 1. The monoisotopic (exact) mass is 306 g/mol. The summed E-state index contributed by atoms with van der Waals surface area (Å²) in [5.74, 6) is -1.16. The van der Waals surface area contributed by atoms with Crippen LogP contribution in [0.15, 0.2) is 17.5 Å². The Morgan fingerprint density at radius 2 is 2.05 bits per heavy atom. The van der Waals surface area contributed by atoms with Crippen molar-refractivity contribution in [2.75, 3.05) is 13.6 Å². The molecule has 1 heterocycles. The lowest BCUT2D eigenvalue weighted by atomic mass is 9.75. The zero-order valence-corrected chi connectivity index (χ0v) is 12.4. The molecule has 1 aliphatic carbocycles. The summed E-state index contributed by atoms with van der Waals surface area (Å²) in [7, 11) is 1.97. The maximum absolute atomic E-state index is 12.8. The minimum Gasteiger partial charge on any atom is -0.329 e. The summed E-state index contributed by atoms with van der Waals surface area (Å²) < 4.78 is 38.3. The molecule has 6 heteroatoms. The van der Waals surface area contributed by atoms with Gasteiger partial charge >= 0.3 is 6.18 Å². The molecule has 0 radical (unpaired) electrons. The molecular formula is C14H21F3N2S. The van der Waals surface area contributed by atoms with Crippen molar-refractivity contribution >= 4 is 11.3 Å². The second kappa shape index (κ2) is 6.03. The molecule has 20 heavy (non-hydrogen) atoms. The van der Waals surface area contributed by atoms with Crippen LogP contribution in [0.5, 0.6) is 0 Å². The van der Waals surface area contributed by atoms with Crippen LogP contribution in [0.2, 0.25) is 0 Å². The standard InChI is InChI=1S/C14H21F3N2S/c1-19(9-12-3-2-8-20-12)13(10-18)6-4-11(5-7-13)14(15,16)17/h2-3,8,11H,4-7,9-10,18H2,1H3. The van der Waals surface area contributed by atoms with Crippen molar-refractivity contribution in [3.05, 3.63) is 22.4 Å². The van der Waals surface area contributed by atoms with Gasteiger partial charge in [-0.15, -0.1) is 11.3 Å². The molecule has 114 valence electrons. The number of likely N-dealkylation sites (N-methyl/N-ethyl adjacent to an activating group) is 1. The number of halogens is 3. The highest BCUT2D eigenvalue weighted by Crippen LogP contribution is 2.43. The van der Waals surface area contributed by atoms with Crippen LogP contribution in [-0.2, 0) is 6.54 Å². The minimum absolute atomic E-state index is 0.190. The molecule has 0 spiro atoms. The van der Waals surface area contributed by atoms with E-state index in [0.717, 1.165) is 6.54 Å². The molecule has 0 atom stereocenters. The lowest BCUT2D eigenvalue weighted by Crippen LogP contribution is -2.54. The smallest absolute Gasteiger partial charge is 0.329 e. The van der Waals surface area contributed by atoms with Crippen molar-refractivity contribution in [2.24, 2.45) is 11.7 Å². The fraction of sp³-hybridized carbons (Fsp3) is 0.714. The van der Waals surface area contributed by atoms with E-state index in [9.17, 15) is 13.2 Å². The summed E-state index contributed by atoms with van der Waals surface area (Å²) in [5, 5.41) is 2.01. The molecule has 0 aromatic carbocycles. The third-order valence-corrected chi connectivity index (χ3v) is 5.40. The third kappa shape index (κ3) is 3.35. The van der Waals surface area contributed by atoms with Gasteiger partial charge in [-0.2, -0.15) is 13.2 Å². The van der Waals surface area contributed by atoms with Gasteiger partial charge < -0.3 is 5.73 Å². The molecule has 2 rings (SSSR count). The first-order valence-corrected chi connectivity index (χ1v) is 7.76. The van der Waals surface area contributed by atoms with Crippen molar-refractivity contribution in [3.8, 4) is 0 Å². The van der Waals surface area contributed by atoms with Crippen molar-refractivity contribution < 1.29 is 13.2 Å². The molecule has 2 N–H and O–H groups in total. The van der Waals surface area contributed by atoms with Crippen LogP contribution in [0.1, 0.15) is 30.6 Å². The number of nitrogens with two attached hydrogens (primary N) is 1. The lowest BCUT2D eigenvalue weighted by Gasteiger charge is -2.46. The summed E-state index contributed by atoms with van der Waals surface area (Å²) in [6, 6.07) is 4.04. The molecular weight excluding hydrogens is 285 g/mol. The molecule has 2 nitrogen and oxygen atoms in total. The van der Waals surface area contributed by atoms with E-state index in [4.69, 9.17) is 5.73 Å². The highest BCUT2D eigenvalue weighted by atomic mass is 32.1. The molecule has 0 amide bonds. The predicted octanol–water partition coefficient (Wildman–Crippen LogP) is 3.63. The predicted molar refractivity (Wildman–Crippen MR) is 75.6 cm³/mol. The van der Waals surface area contributed by atoms with Gasteiger partial charge in [0.1, 0.15) is 0 Å². The SMILES string of the molecule is CN(Cc1cccs1)C1(CN)CCC(C(F)(F)F)CC1. The number of nitrogens with zero attached hydrogens (tertiary/aromatic N) is 1. The van der Waals surface area contributed by atoms with Gasteiger partial charge in [0.15, 0.2) is 0 Å². The zero-order valence-electron chi connectivity index (χ0n) is 11.6. The van der Waals surface area contributed by atoms with Gasteiger partial charge in [0, 0.05) is 23.5 Å². The van der Waals surface area contributed by atoms with Gasteiger partial charge in [-0.25, -0.2) is 0 Å². The second-order valence-corrected chi connectivity index (χ2v) is 6.71. The Balaban J connectivity index is 2.01. The third-order valence-electron chi connectivity index (χ3n) is 4.54. The van der Waals surface area contributed by atoms with E-state index < -0.39 is 12.1 Å². The van der Waals surface area contributed by atoms with Gasteiger partial charge in [0.05, 0.1) is 5.92 Å². The summed E-state index contributed by atoms with van der Waals surface area (Å²) in [5.41, 5.74) is 5.62. The summed E-state index contributed by atoms with van der Waals surface area (Å²) in [4.78, 5) is 3.36. The van der Waals surface area contributed by atoms with Crippen molar-refractivity contribution in [2.45, 2.75) is 43.9 Å². The Hall–Kier alpha value is -0.590. The highest BCUT2D eigenvalue weighted by molar-refractivity contribution is 7.09. The van der Waals surface area contributed by atoms with Crippen LogP contribution < -0.4 is 5.73 Å². The summed E-state index contributed by atoms with van der Waals surface area (Å²) in [6.07, 6.45) is -2.64. The Kier molecular flexibility index (Phi) is 4.76. The molecule has 0 bridgehead atoms. The fourth-order valence-electron chi connectivity index (χ4n) is 3.03. The number of thiophene rings is 1. The van der Waals surface area contributed by atoms with Crippen molar-refractivity contribution in [1.29, 1.82) is 0 Å². The average Bonchev–Trinajstić information content (AvgIpc) is 2.90. The van der Waals surface area contributed by atoms with Crippen molar-refractivity contribution in [1.82, 2.24) is 4.90 Å². The number of hydrogen-bond acceptors (Lipinski definition) is 3. The van der Waals surface area contributed by atoms with E-state index in [2.05, 4.69) is 4.90 Å². The Morgan fingerprint density at radius 1 is 1.40 bits per heavy atom. The van der Waals surface area contributed by atoms with Gasteiger partial charge in [-0.3, -0.25) is 4.90 Å². The topological polar surface area (TPSA) is 29.3 Å². The molecule has 1 fully saturated rings. The van der Waals surface area contributed by atoms with Crippen LogP contribution in [0, 0.1) is 5.92 Å². The van der Waals surface area contributed by atoms with Crippen LogP contribution in [0.4, 0.5) is 13.2 Å². The van der Waals surface area contributed by atoms with Gasteiger partial charge in [-0.1, -0.05) is 6.07 Å². The van der Waals surface area contributed by atoms with E-state index in [1.807, 2.05) is 24.6 Å². The van der Waals surface area contributed by atoms with Crippen LogP contribution in [-0.4, -0.2) is 30.2 Å². The average molecular weight is 306 g/mol. The summed E-state index contributed by atoms with van der Waals surface area (Å²) in [6.45, 7) is 1.17. The van der Waals surface area contributed by atoms with Crippen LogP contribution >= 0.6 is 11.3 Å². The van der Waals surface area contributed by atoms with Gasteiger partial charge in [-0.05, 0) is 44.2 Å². The quantitative estimate of drug-likeness (QED) is 0.920. The van der Waals surface area contributed by atoms with Gasteiger partial charge in [0.25, 0.3) is 0 Å². The van der Waals surface area contributed by atoms with E-state index in [0.29, 0.717) is 19.4 Å². The minimum atomic E-state index is -4.06. The lowest BCUT2D eigenvalue weighted by molar-refractivity contribution is -0.188. The normalized spacial score (nSPS) is 28.0. The fourth-order valence-corrected chi connectivity index (χ4v) is 3.79. The van der Waals surface area contributed by atoms with E-state index in [1.54, 1.807) is 11.3 Å². The molecule has 1 aromatic heterocycles. The summed E-state index contributed by atoms with van der Waals surface area (Å²) >= 11 is 1.67. The van der Waals surface area contributed by atoms with E-state index in [1.165, 1.54) is 4.88 Å². The maximum Gasteiger partial charge on any atom is 0.391 e. The van der Waals surface area contributed by atoms with Crippen molar-refractivity contribution in [3.63, 3.8) is 0 Å². The number of alkyl halides is 3. The first-order chi connectivity index (χ1) is 9.37. The molecule has 0 aliphatic heterocycles. The zero-order chi connectivity index (χ0) is 14.8. The highest BCUT2D eigenvalue weighted by Gasteiger charge is 2.46. The Labute approximate surface area is 121 Å². The first-order valence-electron chi connectivity index (χ1n) is 6.88. The van der Waals surface area contributed by atoms with E-state index >= 15 is 0 Å². The first kappa shape index (κ1) is 15.8. The van der Waals surface area contributed by atoms with E-state index in [-0.39, 0.29) is 18.4 Å².